The molecule has 17 heavy (non-hydrogen) atoms. The van der Waals surface area contributed by atoms with Crippen molar-refractivity contribution in [2.45, 2.75) is 25.9 Å². The van der Waals surface area contributed by atoms with E-state index in [1.54, 1.807) is 0 Å². The molecule has 0 spiro atoms. The number of hydrogen-bond acceptors (Lipinski definition) is 1. The van der Waals surface area contributed by atoms with E-state index in [4.69, 9.17) is 17.3 Å². The minimum absolute atomic E-state index is 0.0112. The van der Waals surface area contributed by atoms with Gasteiger partial charge in [-0.25, -0.2) is 4.99 Å². The van der Waals surface area contributed by atoms with Gasteiger partial charge >= 0.3 is 6.18 Å². The Morgan fingerprint density at radius 1 is 1.35 bits per heavy atom. The predicted octanol–water partition coefficient (Wildman–Crippen LogP) is 4.15. The van der Waals surface area contributed by atoms with Crippen LogP contribution >= 0.6 is 11.6 Å². The van der Waals surface area contributed by atoms with Crippen LogP contribution in [-0.4, -0.2) is 5.84 Å². The molecule has 6 heteroatoms. The number of benzene rings is 1. The zero-order chi connectivity index (χ0) is 13.1. The fourth-order valence-corrected chi connectivity index (χ4v) is 1.51. The largest absolute Gasteiger partial charge is 0.416 e. The highest BCUT2D eigenvalue weighted by molar-refractivity contribution is 6.30. The van der Waals surface area contributed by atoms with Crippen LogP contribution in [-0.2, 0) is 6.18 Å². The summed E-state index contributed by atoms with van der Waals surface area (Å²) in [7, 11) is 0. The number of halogens is 4. The highest BCUT2D eigenvalue weighted by Crippen LogP contribution is 2.34. The molecule has 0 bridgehead atoms. The Hall–Kier alpha value is -1.23. The molecular weight excluding hydrogens is 253 g/mol. The summed E-state index contributed by atoms with van der Waals surface area (Å²) < 4.78 is 37.5. The van der Waals surface area contributed by atoms with Gasteiger partial charge in [0.15, 0.2) is 0 Å². The summed E-state index contributed by atoms with van der Waals surface area (Å²) in [6.07, 6.45) is -3.12. The molecule has 0 unspecified atom stereocenters. The van der Waals surface area contributed by atoms with Crippen LogP contribution in [0.2, 0.25) is 5.02 Å². The second kappa shape index (κ2) is 5.40. The molecule has 94 valence electrons. The van der Waals surface area contributed by atoms with E-state index in [-0.39, 0.29) is 10.7 Å². The van der Waals surface area contributed by atoms with E-state index in [2.05, 4.69) is 4.99 Å². The molecule has 2 N–H and O–H groups in total. The van der Waals surface area contributed by atoms with Gasteiger partial charge in [0, 0.05) is 11.4 Å². The summed E-state index contributed by atoms with van der Waals surface area (Å²) in [5.74, 6) is 0.294. The van der Waals surface area contributed by atoms with E-state index in [0.29, 0.717) is 12.3 Å². The summed E-state index contributed by atoms with van der Waals surface area (Å²) in [4.78, 5) is 3.89. The number of nitrogens with zero attached hydrogens (tertiary/aromatic N) is 1. The maximum Gasteiger partial charge on any atom is 0.416 e. The molecule has 2 nitrogen and oxygen atoms in total. The Kier molecular flexibility index (Phi) is 4.40. The zero-order valence-electron chi connectivity index (χ0n) is 9.18. The molecule has 0 amide bonds. The predicted molar refractivity (Wildman–Crippen MR) is 62.6 cm³/mol. The van der Waals surface area contributed by atoms with Crippen molar-refractivity contribution in [2.75, 3.05) is 0 Å². The van der Waals surface area contributed by atoms with Gasteiger partial charge in [-0.1, -0.05) is 18.5 Å². The molecule has 0 aromatic heterocycles. The molecule has 0 aliphatic carbocycles. The van der Waals surface area contributed by atoms with Crippen LogP contribution in [0.1, 0.15) is 25.3 Å². The third-order valence-corrected chi connectivity index (χ3v) is 2.21. The standard InChI is InChI=1S/C11H12ClF3N2/c1-2-3-10(16)17-9-5-7(11(13,14)15)4-8(12)6-9/h4-6H,2-3H2,1H3,(H2,16,17). The molecular formula is C11H12ClF3N2. The summed E-state index contributed by atoms with van der Waals surface area (Å²) in [5, 5.41) is -0.0112. The van der Waals surface area contributed by atoms with Gasteiger partial charge in [0.05, 0.1) is 17.1 Å². The molecule has 0 aliphatic heterocycles. The normalized spacial score (nSPS) is 12.9. The number of rotatable bonds is 3. The summed E-state index contributed by atoms with van der Waals surface area (Å²) in [5.41, 5.74) is 4.85. The van der Waals surface area contributed by atoms with E-state index in [1.165, 1.54) is 6.07 Å². The van der Waals surface area contributed by atoms with Crippen molar-refractivity contribution in [1.29, 1.82) is 0 Å². The van der Waals surface area contributed by atoms with Gasteiger partial charge in [0.2, 0.25) is 0 Å². The van der Waals surface area contributed by atoms with E-state index in [0.717, 1.165) is 18.6 Å². The van der Waals surface area contributed by atoms with Crippen molar-refractivity contribution >= 4 is 23.1 Å². The van der Waals surface area contributed by atoms with Gasteiger partial charge in [-0.3, -0.25) is 0 Å². The highest BCUT2D eigenvalue weighted by Gasteiger charge is 2.31. The highest BCUT2D eigenvalue weighted by atomic mass is 35.5. The van der Waals surface area contributed by atoms with E-state index >= 15 is 0 Å². The Bertz CT molecular complexity index is 427. The summed E-state index contributed by atoms with van der Waals surface area (Å²) >= 11 is 5.61. The molecule has 1 rings (SSSR count). The molecule has 0 saturated heterocycles. The second-order valence-electron chi connectivity index (χ2n) is 3.55. The van der Waals surface area contributed by atoms with Crippen LogP contribution < -0.4 is 5.73 Å². The summed E-state index contributed by atoms with van der Waals surface area (Å²) in [6, 6.07) is 3.13. The Morgan fingerprint density at radius 2 is 2.00 bits per heavy atom. The molecule has 0 aliphatic rings. The van der Waals surface area contributed by atoms with Gasteiger partial charge in [-0.15, -0.1) is 0 Å². The maximum absolute atomic E-state index is 12.5. The third kappa shape index (κ3) is 4.26. The molecule has 0 fully saturated rings. The number of amidine groups is 1. The average Bonchev–Trinajstić information content (AvgIpc) is 2.15. The minimum atomic E-state index is -4.44. The van der Waals surface area contributed by atoms with Crippen LogP contribution in [0.15, 0.2) is 23.2 Å². The van der Waals surface area contributed by atoms with Crippen LogP contribution in [0.5, 0.6) is 0 Å². The minimum Gasteiger partial charge on any atom is -0.387 e. The van der Waals surface area contributed by atoms with E-state index in [9.17, 15) is 13.2 Å². The smallest absolute Gasteiger partial charge is 0.387 e. The first-order valence-electron chi connectivity index (χ1n) is 5.03. The topological polar surface area (TPSA) is 38.4 Å². The third-order valence-electron chi connectivity index (χ3n) is 1.99. The maximum atomic E-state index is 12.5. The van der Waals surface area contributed by atoms with Crippen molar-refractivity contribution < 1.29 is 13.2 Å². The average molecular weight is 265 g/mol. The van der Waals surface area contributed by atoms with Gasteiger partial charge in [0.1, 0.15) is 0 Å². The van der Waals surface area contributed by atoms with Crippen molar-refractivity contribution in [3.05, 3.63) is 28.8 Å². The fourth-order valence-electron chi connectivity index (χ4n) is 1.28. The first-order valence-corrected chi connectivity index (χ1v) is 5.41. The van der Waals surface area contributed by atoms with Crippen molar-refractivity contribution in [3.63, 3.8) is 0 Å². The number of hydrogen-bond donors (Lipinski definition) is 1. The number of aliphatic imine (C=N–C) groups is 1. The Labute approximate surface area is 102 Å². The van der Waals surface area contributed by atoms with Crippen LogP contribution in [0.4, 0.5) is 18.9 Å². The molecule has 0 atom stereocenters. The molecule has 0 heterocycles. The first kappa shape index (κ1) is 13.8. The number of nitrogens with two attached hydrogens (primary N) is 1. The summed E-state index contributed by atoms with van der Waals surface area (Å²) in [6.45, 7) is 1.90. The molecule has 1 aromatic rings. The molecule has 1 aromatic carbocycles. The van der Waals surface area contributed by atoms with Gasteiger partial charge in [-0.2, -0.15) is 13.2 Å². The van der Waals surface area contributed by atoms with Crippen molar-refractivity contribution in [3.8, 4) is 0 Å². The van der Waals surface area contributed by atoms with Gasteiger partial charge in [0.25, 0.3) is 0 Å². The monoisotopic (exact) mass is 264 g/mol. The Morgan fingerprint density at radius 3 is 2.53 bits per heavy atom. The van der Waals surface area contributed by atoms with E-state index in [1.807, 2.05) is 6.92 Å². The second-order valence-corrected chi connectivity index (χ2v) is 3.99. The van der Waals surface area contributed by atoms with Crippen molar-refractivity contribution in [1.82, 2.24) is 0 Å². The zero-order valence-corrected chi connectivity index (χ0v) is 9.94. The lowest BCUT2D eigenvalue weighted by Gasteiger charge is -2.08. The lowest BCUT2D eigenvalue weighted by atomic mass is 10.2. The SMILES string of the molecule is CCCC(N)=Nc1cc(Cl)cc(C(F)(F)F)c1. The lowest BCUT2D eigenvalue weighted by Crippen LogP contribution is -2.10. The van der Waals surface area contributed by atoms with Gasteiger partial charge in [-0.05, 0) is 24.6 Å². The Balaban J connectivity index is 3.10. The lowest BCUT2D eigenvalue weighted by molar-refractivity contribution is -0.137. The van der Waals surface area contributed by atoms with Crippen LogP contribution in [0.3, 0.4) is 0 Å². The van der Waals surface area contributed by atoms with Crippen molar-refractivity contribution in [2.24, 2.45) is 10.7 Å². The fraction of sp³-hybridized carbons (Fsp3) is 0.364. The molecule has 0 radical (unpaired) electrons. The molecule has 0 saturated carbocycles. The van der Waals surface area contributed by atoms with E-state index < -0.39 is 11.7 Å². The first-order chi connectivity index (χ1) is 7.82. The van der Waals surface area contributed by atoms with Crippen LogP contribution in [0.25, 0.3) is 0 Å². The van der Waals surface area contributed by atoms with Crippen LogP contribution in [0, 0.1) is 0 Å². The quantitative estimate of drug-likeness (QED) is 0.646. The number of alkyl halides is 3. The van der Waals surface area contributed by atoms with Gasteiger partial charge < -0.3 is 5.73 Å².